The van der Waals surface area contributed by atoms with Gasteiger partial charge in [0.15, 0.2) is 0 Å². The Morgan fingerprint density at radius 1 is 1.32 bits per heavy atom. The molecule has 0 fully saturated rings. The van der Waals surface area contributed by atoms with Crippen LogP contribution in [0.15, 0.2) is 18.5 Å². The topological polar surface area (TPSA) is 35.4 Å². The molecule has 1 heterocycles. The van der Waals surface area contributed by atoms with Crippen molar-refractivity contribution < 1.29 is 9.47 Å². The van der Waals surface area contributed by atoms with Gasteiger partial charge in [0.25, 0.3) is 0 Å². The largest absolute Gasteiger partial charge is 0.385 e. The van der Waals surface area contributed by atoms with Gasteiger partial charge < -0.3 is 19.4 Å². The van der Waals surface area contributed by atoms with Crippen molar-refractivity contribution in [3.05, 3.63) is 24.0 Å². The first-order chi connectivity index (χ1) is 9.27. The maximum Gasteiger partial charge on any atom is 0.0645 e. The fraction of sp³-hybridized carbons (Fsp3) is 0.733. The van der Waals surface area contributed by atoms with E-state index in [2.05, 4.69) is 42.2 Å². The van der Waals surface area contributed by atoms with Crippen molar-refractivity contribution in [2.75, 3.05) is 33.5 Å². The lowest BCUT2D eigenvalue weighted by atomic mass is 10.2. The van der Waals surface area contributed by atoms with E-state index >= 15 is 0 Å². The second kappa shape index (κ2) is 10.0. The van der Waals surface area contributed by atoms with E-state index in [1.165, 1.54) is 12.0 Å². The quantitative estimate of drug-likeness (QED) is 0.627. The van der Waals surface area contributed by atoms with Crippen LogP contribution < -0.4 is 5.32 Å². The number of nitrogens with one attached hydrogen (secondary N) is 1. The fourth-order valence-electron chi connectivity index (χ4n) is 1.91. The van der Waals surface area contributed by atoms with Gasteiger partial charge in [-0.05, 0) is 37.9 Å². The summed E-state index contributed by atoms with van der Waals surface area (Å²) in [6.07, 6.45) is 6.45. The smallest absolute Gasteiger partial charge is 0.0645 e. The SMILES string of the molecule is CCCNC(C)c1ccn(CCOCCCOC)c1. The average Bonchev–Trinajstić information content (AvgIpc) is 2.89. The molecule has 1 N–H and O–H groups in total. The maximum atomic E-state index is 5.56. The van der Waals surface area contributed by atoms with Gasteiger partial charge in [0.05, 0.1) is 6.61 Å². The van der Waals surface area contributed by atoms with Gasteiger partial charge in [0.2, 0.25) is 0 Å². The van der Waals surface area contributed by atoms with Gasteiger partial charge in [0, 0.05) is 45.3 Å². The minimum absolute atomic E-state index is 0.420. The van der Waals surface area contributed by atoms with E-state index in [4.69, 9.17) is 9.47 Å². The molecule has 19 heavy (non-hydrogen) atoms. The Morgan fingerprint density at radius 3 is 2.89 bits per heavy atom. The van der Waals surface area contributed by atoms with Crippen molar-refractivity contribution in [1.29, 1.82) is 0 Å². The lowest BCUT2D eigenvalue weighted by Gasteiger charge is -2.11. The molecule has 0 aromatic carbocycles. The number of hydrogen-bond acceptors (Lipinski definition) is 3. The zero-order chi connectivity index (χ0) is 13.9. The summed E-state index contributed by atoms with van der Waals surface area (Å²) in [6.45, 7) is 8.67. The zero-order valence-corrected chi connectivity index (χ0v) is 12.5. The van der Waals surface area contributed by atoms with Crippen molar-refractivity contribution in [1.82, 2.24) is 9.88 Å². The third-order valence-corrected chi connectivity index (χ3v) is 3.10. The molecule has 0 radical (unpaired) electrons. The molecular formula is C15H28N2O2. The summed E-state index contributed by atoms with van der Waals surface area (Å²) in [7, 11) is 1.72. The molecule has 4 nitrogen and oxygen atoms in total. The zero-order valence-electron chi connectivity index (χ0n) is 12.5. The van der Waals surface area contributed by atoms with Crippen LogP contribution in [0, 0.1) is 0 Å². The Labute approximate surface area is 117 Å². The highest BCUT2D eigenvalue weighted by Gasteiger charge is 2.05. The van der Waals surface area contributed by atoms with Crippen molar-refractivity contribution in [2.24, 2.45) is 0 Å². The lowest BCUT2D eigenvalue weighted by molar-refractivity contribution is 0.0977. The molecule has 1 aromatic rings. The first kappa shape index (κ1) is 16.2. The summed E-state index contributed by atoms with van der Waals surface area (Å²) >= 11 is 0. The molecule has 0 saturated heterocycles. The van der Waals surface area contributed by atoms with E-state index < -0.39 is 0 Å². The highest BCUT2D eigenvalue weighted by atomic mass is 16.5. The Hall–Kier alpha value is -0.840. The van der Waals surface area contributed by atoms with Crippen LogP contribution in [-0.2, 0) is 16.0 Å². The molecule has 1 atom stereocenters. The molecule has 0 aliphatic carbocycles. The number of nitrogens with zero attached hydrogens (tertiary/aromatic N) is 1. The predicted octanol–water partition coefficient (Wildman–Crippen LogP) is 2.60. The van der Waals surface area contributed by atoms with Crippen LogP contribution in [0.1, 0.15) is 38.3 Å². The molecule has 0 amide bonds. The van der Waals surface area contributed by atoms with Crippen molar-refractivity contribution in [3.63, 3.8) is 0 Å². The second-order valence-corrected chi connectivity index (χ2v) is 4.82. The minimum atomic E-state index is 0.420. The van der Waals surface area contributed by atoms with Crippen LogP contribution in [-0.4, -0.2) is 38.0 Å². The molecule has 0 spiro atoms. The number of methoxy groups -OCH3 is 1. The Bertz CT molecular complexity index is 326. The van der Waals surface area contributed by atoms with E-state index in [-0.39, 0.29) is 0 Å². The second-order valence-electron chi connectivity index (χ2n) is 4.82. The molecule has 110 valence electrons. The number of rotatable bonds is 11. The van der Waals surface area contributed by atoms with Crippen LogP contribution in [0.25, 0.3) is 0 Å². The molecule has 1 aromatic heterocycles. The van der Waals surface area contributed by atoms with Crippen molar-refractivity contribution in [3.8, 4) is 0 Å². The lowest BCUT2D eigenvalue weighted by Crippen LogP contribution is -2.18. The van der Waals surface area contributed by atoms with E-state index in [1.807, 2.05) is 0 Å². The van der Waals surface area contributed by atoms with Gasteiger partial charge in [0.1, 0.15) is 0 Å². The van der Waals surface area contributed by atoms with Gasteiger partial charge in [-0.25, -0.2) is 0 Å². The summed E-state index contributed by atoms with van der Waals surface area (Å²) in [5.74, 6) is 0. The monoisotopic (exact) mass is 268 g/mol. The maximum absolute atomic E-state index is 5.56. The highest BCUT2D eigenvalue weighted by Crippen LogP contribution is 2.12. The van der Waals surface area contributed by atoms with Crippen molar-refractivity contribution >= 4 is 0 Å². The van der Waals surface area contributed by atoms with E-state index in [9.17, 15) is 0 Å². The molecule has 0 aliphatic rings. The van der Waals surface area contributed by atoms with E-state index in [0.29, 0.717) is 6.04 Å². The summed E-state index contributed by atoms with van der Waals surface area (Å²) < 4.78 is 12.7. The summed E-state index contributed by atoms with van der Waals surface area (Å²) in [4.78, 5) is 0. The Morgan fingerprint density at radius 2 is 2.16 bits per heavy atom. The number of aromatic nitrogens is 1. The summed E-state index contributed by atoms with van der Waals surface area (Å²) in [5, 5.41) is 3.49. The minimum Gasteiger partial charge on any atom is -0.385 e. The van der Waals surface area contributed by atoms with Gasteiger partial charge >= 0.3 is 0 Å². The van der Waals surface area contributed by atoms with Crippen LogP contribution >= 0.6 is 0 Å². The molecule has 1 unspecified atom stereocenters. The summed E-state index contributed by atoms with van der Waals surface area (Å²) in [5.41, 5.74) is 1.34. The molecule has 0 bridgehead atoms. The molecule has 0 saturated carbocycles. The number of ether oxygens (including phenoxy) is 2. The van der Waals surface area contributed by atoms with Crippen molar-refractivity contribution in [2.45, 2.75) is 39.3 Å². The molecular weight excluding hydrogens is 240 g/mol. The van der Waals surface area contributed by atoms with Crippen LogP contribution in [0.5, 0.6) is 0 Å². The predicted molar refractivity (Wildman–Crippen MR) is 78.5 cm³/mol. The van der Waals surface area contributed by atoms with E-state index in [1.54, 1.807) is 7.11 Å². The third kappa shape index (κ3) is 6.76. The highest BCUT2D eigenvalue weighted by molar-refractivity contribution is 5.14. The Balaban J connectivity index is 2.19. The molecule has 4 heteroatoms. The Kier molecular flexibility index (Phi) is 8.54. The first-order valence-corrected chi connectivity index (χ1v) is 7.23. The third-order valence-electron chi connectivity index (χ3n) is 3.10. The number of hydrogen-bond donors (Lipinski definition) is 1. The van der Waals surface area contributed by atoms with Crippen LogP contribution in [0.4, 0.5) is 0 Å². The normalized spacial score (nSPS) is 12.8. The average molecular weight is 268 g/mol. The van der Waals surface area contributed by atoms with E-state index in [0.717, 1.165) is 39.3 Å². The molecule has 1 rings (SSSR count). The molecule has 0 aliphatic heterocycles. The van der Waals surface area contributed by atoms with Gasteiger partial charge in [-0.3, -0.25) is 0 Å². The van der Waals surface area contributed by atoms with Crippen LogP contribution in [0.3, 0.4) is 0 Å². The fourth-order valence-corrected chi connectivity index (χ4v) is 1.91. The van der Waals surface area contributed by atoms with Gasteiger partial charge in [-0.2, -0.15) is 0 Å². The van der Waals surface area contributed by atoms with Gasteiger partial charge in [-0.1, -0.05) is 6.92 Å². The standard InChI is InChI=1S/C15H28N2O2/c1-4-7-16-14(2)15-6-8-17(13-15)9-12-19-11-5-10-18-3/h6,8,13-14,16H,4-5,7,9-12H2,1-3H3. The summed E-state index contributed by atoms with van der Waals surface area (Å²) in [6, 6.07) is 2.60. The first-order valence-electron chi connectivity index (χ1n) is 7.23. The van der Waals surface area contributed by atoms with Gasteiger partial charge in [-0.15, -0.1) is 0 Å². The van der Waals surface area contributed by atoms with Crippen LogP contribution in [0.2, 0.25) is 0 Å².